The molecule has 3 nitrogen and oxygen atoms in total. The van der Waals surface area contributed by atoms with Crippen LogP contribution in [0.5, 0.6) is 0 Å². The van der Waals surface area contributed by atoms with E-state index in [0.29, 0.717) is 6.42 Å². The van der Waals surface area contributed by atoms with Crippen molar-refractivity contribution in [2.45, 2.75) is 32.1 Å². The summed E-state index contributed by atoms with van der Waals surface area (Å²) in [6.07, 6.45) is 9.53. The molecule has 0 radical (unpaired) electrons. The lowest BCUT2D eigenvalue weighted by molar-refractivity contribution is -0.107. The van der Waals surface area contributed by atoms with Gasteiger partial charge in [0.15, 0.2) is 0 Å². The second-order valence-corrected chi connectivity index (χ2v) is 2.84. The molecule has 1 aromatic heterocycles. The molecule has 0 amide bonds. The summed E-state index contributed by atoms with van der Waals surface area (Å²) >= 11 is 0. The van der Waals surface area contributed by atoms with Crippen molar-refractivity contribution < 1.29 is 4.79 Å². The number of H-pyrrole nitrogens is 1. The topological polar surface area (TPSA) is 45.8 Å². The normalized spacial score (nSPS) is 10.0. The number of nitrogens with zero attached hydrogens (tertiary/aromatic N) is 1. The van der Waals surface area contributed by atoms with Gasteiger partial charge in [-0.3, -0.25) is 0 Å². The molecule has 0 aromatic carbocycles. The Morgan fingerprint density at radius 2 is 2.33 bits per heavy atom. The smallest absolute Gasteiger partial charge is 0.119 e. The summed E-state index contributed by atoms with van der Waals surface area (Å²) in [5.74, 6) is 0. The van der Waals surface area contributed by atoms with Gasteiger partial charge in [-0.15, -0.1) is 0 Å². The number of hydrogen-bond acceptors (Lipinski definition) is 2. The van der Waals surface area contributed by atoms with Crippen LogP contribution in [0, 0.1) is 0 Å². The van der Waals surface area contributed by atoms with Gasteiger partial charge in [0.25, 0.3) is 0 Å². The molecule has 0 unspecified atom stereocenters. The standard InChI is InChI=1S/C9H14N2O/c12-6-4-2-1-3-5-9-7-10-8-11-9/h6-8H,1-5H2,(H,10,11). The predicted octanol–water partition coefficient (Wildman–Crippen LogP) is 1.71. The number of carbonyl (C=O) groups excluding carboxylic acids is 1. The number of imidazole rings is 1. The van der Waals surface area contributed by atoms with Crippen LogP contribution in [0.1, 0.15) is 31.4 Å². The molecule has 12 heavy (non-hydrogen) atoms. The number of aldehydes is 1. The van der Waals surface area contributed by atoms with E-state index >= 15 is 0 Å². The first-order valence-corrected chi connectivity index (χ1v) is 4.34. The fourth-order valence-corrected chi connectivity index (χ4v) is 1.14. The fraction of sp³-hybridized carbons (Fsp3) is 0.556. The van der Waals surface area contributed by atoms with Gasteiger partial charge in [-0.25, -0.2) is 4.98 Å². The minimum Gasteiger partial charge on any atom is -0.348 e. The van der Waals surface area contributed by atoms with Crippen molar-refractivity contribution in [3.8, 4) is 0 Å². The number of rotatable bonds is 6. The molecule has 1 aromatic rings. The van der Waals surface area contributed by atoms with Crippen LogP contribution in [-0.4, -0.2) is 16.3 Å². The van der Waals surface area contributed by atoms with Gasteiger partial charge >= 0.3 is 0 Å². The lowest BCUT2D eigenvalue weighted by Crippen LogP contribution is -1.85. The molecule has 0 saturated carbocycles. The van der Waals surface area contributed by atoms with E-state index in [1.54, 1.807) is 6.33 Å². The second-order valence-electron chi connectivity index (χ2n) is 2.84. The van der Waals surface area contributed by atoms with Gasteiger partial charge in [0.1, 0.15) is 6.29 Å². The largest absolute Gasteiger partial charge is 0.348 e. The molecule has 0 fully saturated rings. The first-order chi connectivity index (χ1) is 5.93. The van der Waals surface area contributed by atoms with Crippen LogP contribution in [0.4, 0.5) is 0 Å². The zero-order valence-electron chi connectivity index (χ0n) is 7.12. The lowest BCUT2D eigenvalue weighted by Gasteiger charge is -1.95. The summed E-state index contributed by atoms with van der Waals surface area (Å²) in [5.41, 5.74) is 1.18. The van der Waals surface area contributed by atoms with Crippen molar-refractivity contribution in [3.05, 3.63) is 18.2 Å². The lowest BCUT2D eigenvalue weighted by atomic mass is 10.1. The molecule has 0 spiro atoms. The Hall–Kier alpha value is -1.12. The summed E-state index contributed by atoms with van der Waals surface area (Å²) in [7, 11) is 0. The van der Waals surface area contributed by atoms with Gasteiger partial charge in [0, 0.05) is 18.3 Å². The van der Waals surface area contributed by atoms with E-state index in [1.807, 2.05) is 6.20 Å². The van der Waals surface area contributed by atoms with Crippen LogP contribution in [0.15, 0.2) is 12.5 Å². The number of aromatic nitrogens is 2. The number of nitrogens with one attached hydrogen (secondary N) is 1. The third-order valence-electron chi connectivity index (χ3n) is 1.82. The van der Waals surface area contributed by atoms with Crippen LogP contribution in [0.3, 0.4) is 0 Å². The quantitative estimate of drug-likeness (QED) is 0.516. The zero-order chi connectivity index (χ0) is 8.65. The highest BCUT2D eigenvalue weighted by atomic mass is 16.1. The van der Waals surface area contributed by atoms with Gasteiger partial charge in [0.2, 0.25) is 0 Å². The van der Waals surface area contributed by atoms with Crippen LogP contribution >= 0.6 is 0 Å². The molecule has 1 N–H and O–H groups in total. The van der Waals surface area contributed by atoms with Crippen molar-refractivity contribution in [1.29, 1.82) is 0 Å². The summed E-state index contributed by atoms with van der Waals surface area (Å²) in [4.78, 5) is 17.0. The average Bonchev–Trinajstić information content (AvgIpc) is 2.57. The first-order valence-electron chi connectivity index (χ1n) is 4.34. The predicted molar refractivity (Wildman–Crippen MR) is 46.8 cm³/mol. The molecule has 66 valence electrons. The minimum atomic E-state index is 0.697. The molecular formula is C9H14N2O. The fourth-order valence-electron chi connectivity index (χ4n) is 1.14. The molecule has 0 aliphatic heterocycles. The van der Waals surface area contributed by atoms with Crippen molar-refractivity contribution in [2.24, 2.45) is 0 Å². The highest BCUT2D eigenvalue weighted by Crippen LogP contribution is 2.03. The number of unbranched alkanes of at least 4 members (excludes halogenated alkanes) is 3. The molecule has 3 heteroatoms. The molecule has 0 aliphatic carbocycles. The summed E-state index contributed by atoms with van der Waals surface area (Å²) < 4.78 is 0. The monoisotopic (exact) mass is 166 g/mol. The molecule has 1 heterocycles. The molecule has 0 bridgehead atoms. The van der Waals surface area contributed by atoms with E-state index in [1.165, 1.54) is 5.69 Å². The number of hydrogen-bond donors (Lipinski definition) is 1. The molecule has 0 saturated heterocycles. The van der Waals surface area contributed by atoms with E-state index < -0.39 is 0 Å². The highest BCUT2D eigenvalue weighted by molar-refractivity contribution is 5.48. The van der Waals surface area contributed by atoms with Crippen LogP contribution in [0.25, 0.3) is 0 Å². The van der Waals surface area contributed by atoms with E-state index in [-0.39, 0.29) is 0 Å². The Kier molecular flexibility index (Phi) is 4.13. The summed E-state index contributed by atoms with van der Waals surface area (Å²) in [6.45, 7) is 0. The van der Waals surface area contributed by atoms with Gasteiger partial charge in [0.05, 0.1) is 6.33 Å². The van der Waals surface area contributed by atoms with Crippen LogP contribution < -0.4 is 0 Å². The second kappa shape index (κ2) is 5.52. The zero-order valence-corrected chi connectivity index (χ0v) is 7.12. The Morgan fingerprint density at radius 1 is 1.42 bits per heavy atom. The Morgan fingerprint density at radius 3 is 3.00 bits per heavy atom. The van der Waals surface area contributed by atoms with Crippen molar-refractivity contribution in [2.75, 3.05) is 0 Å². The van der Waals surface area contributed by atoms with Crippen LogP contribution in [-0.2, 0) is 11.2 Å². The van der Waals surface area contributed by atoms with E-state index in [9.17, 15) is 4.79 Å². The van der Waals surface area contributed by atoms with E-state index in [2.05, 4.69) is 9.97 Å². The number of aromatic amines is 1. The SMILES string of the molecule is O=CCCCCCc1cnc[nH]1. The van der Waals surface area contributed by atoms with Gasteiger partial charge in [-0.2, -0.15) is 0 Å². The summed E-state index contributed by atoms with van der Waals surface area (Å²) in [6, 6.07) is 0. The molecular weight excluding hydrogens is 152 g/mol. The molecule has 0 aliphatic rings. The molecule has 1 rings (SSSR count). The summed E-state index contributed by atoms with van der Waals surface area (Å²) in [5, 5.41) is 0. The first kappa shape index (κ1) is 8.97. The number of carbonyl (C=O) groups is 1. The van der Waals surface area contributed by atoms with E-state index in [4.69, 9.17) is 0 Å². The number of aryl methyl sites for hydroxylation is 1. The maximum absolute atomic E-state index is 9.98. The Bertz CT molecular complexity index is 206. The highest BCUT2D eigenvalue weighted by Gasteiger charge is 1.93. The van der Waals surface area contributed by atoms with Crippen molar-refractivity contribution >= 4 is 6.29 Å². The third-order valence-corrected chi connectivity index (χ3v) is 1.82. The molecule has 0 atom stereocenters. The minimum absolute atomic E-state index is 0.697. The third kappa shape index (κ3) is 3.32. The Balaban J connectivity index is 2.00. The maximum Gasteiger partial charge on any atom is 0.119 e. The van der Waals surface area contributed by atoms with E-state index in [0.717, 1.165) is 32.0 Å². The van der Waals surface area contributed by atoms with Gasteiger partial charge in [-0.05, 0) is 19.3 Å². The van der Waals surface area contributed by atoms with Gasteiger partial charge < -0.3 is 9.78 Å². The van der Waals surface area contributed by atoms with Crippen LogP contribution in [0.2, 0.25) is 0 Å². The average molecular weight is 166 g/mol. The Labute approximate surface area is 72.2 Å². The van der Waals surface area contributed by atoms with Crippen molar-refractivity contribution in [1.82, 2.24) is 9.97 Å². The van der Waals surface area contributed by atoms with Crippen molar-refractivity contribution in [3.63, 3.8) is 0 Å². The maximum atomic E-state index is 9.98. The van der Waals surface area contributed by atoms with Gasteiger partial charge in [-0.1, -0.05) is 6.42 Å².